The summed E-state index contributed by atoms with van der Waals surface area (Å²) in [6.07, 6.45) is -0.185. The van der Waals surface area contributed by atoms with Crippen LogP contribution in [0.2, 0.25) is 0 Å². The molecule has 110 valence electrons. The topological polar surface area (TPSA) is 70.5 Å². The van der Waals surface area contributed by atoms with Crippen molar-refractivity contribution >= 4 is 34.6 Å². The molecule has 0 aromatic carbocycles. The average molecular weight is 326 g/mol. The Morgan fingerprint density at radius 1 is 1.43 bits per heavy atom. The average Bonchev–Trinajstić information content (AvgIpc) is 3.18. The predicted molar refractivity (Wildman–Crippen MR) is 77.4 cm³/mol. The van der Waals surface area contributed by atoms with E-state index in [1.54, 1.807) is 5.38 Å². The second-order valence-electron chi connectivity index (χ2n) is 4.76. The summed E-state index contributed by atoms with van der Waals surface area (Å²) in [5, 5.41) is 13.1. The Morgan fingerprint density at radius 3 is 2.86 bits per heavy atom. The third kappa shape index (κ3) is 2.56. The standard InChI is InChI=1S/C13H11FN2O3S2/c14-13(12(18)19)3-4-16(7-13)11(17)8-6-21-10(15-8)9-2-1-5-20-9/h1-2,5-6H,3-4,7H2,(H,18,19). The summed E-state index contributed by atoms with van der Waals surface area (Å²) in [7, 11) is 0. The molecule has 8 heteroatoms. The second-order valence-corrected chi connectivity index (χ2v) is 6.57. The zero-order valence-corrected chi connectivity index (χ0v) is 12.4. The summed E-state index contributed by atoms with van der Waals surface area (Å²) in [5.41, 5.74) is -2.11. The third-order valence-corrected chi connectivity index (χ3v) is 5.23. The molecule has 1 amide bonds. The van der Waals surface area contributed by atoms with Gasteiger partial charge in [-0.15, -0.1) is 22.7 Å². The van der Waals surface area contributed by atoms with Crippen LogP contribution in [-0.4, -0.2) is 45.6 Å². The molecule has 5 nitrogen and oxygen atoms in total. The molecule has 2 aromatic rings. The van der Waals surface area contributed by atoms with Crippen LogP contribution >= 0.6 is 22.7 Å². The largest absolute Gasteiger partial charge is 0.479 e. The van der Waals surface area contributed by atoms with E-state index < -0.39 is 24.1 Å². The van der Waals surface area contributed by atoms with E-state index in [1.165, 1.54) is 27.6 Å². The Bertz CT molecular complexity index is 685. The van der Waals surface area contributed by atoms with Crippen molar-refractivity contribution in [2.75, 3.05) is 13.1 Å². The number of carbonyl (C=O) groups excluding carboxylic acids is 1. The fraction of sp³-hybridized carbons (Fsp3) is 0.308. The van der Waals surface area contributed by atoms with Crippen molar-refractivity contribution in [1.82, 2.24) is 9.88 Å². The van der Waals surface area contributed by atoms with Gasteiger partial charge in [-0.2, -0.15) is 0 Å². The number of hydrogen-bond donors (Lipinski definition) is 1. The molecule has 1 unspecified atom stereocenters. The van der Waals surface area contributed by atoms with Gasteiger partial charge in [0.2, 0.25) is 5.67 Å². The summed E-state index contributed by atoms with van der Waals surface area (Å²) in [4.78, 5) is 29.5. The Morgan fingerprint density at radius 2 is 2.24 bits per heavy atom. The highest BCUT2D eigenvalue weighted by atomic mass is 32.1. The number of nitrogens with zero attached hydrogens (tertiary/aromatic N) is 2. The van der Waals surface area contributed by atoms with Gasteiger partial charge in [0.05, 0.1) is 11.4 Å². The minimum atomic E-state index is -2.34. The highest BCUT2D eigenvalue weighted by Gasteiger charge is 2.47. The molecule has 1 N–H and O–H groups in total. The molecular weight excluding hydrogens is 315 g/mol. The van der Waals surface area contributed by atoms with Crippen LogP contribution in [0.1, 0.15) is 16.9 Å². The molecule has 0 bridgehead atoms. The first-order valence-corrected chi connectivity index (χ1v) is 7.96. The summed E-state index contributed by atoms with van der Waals surface area (Å²) in [6, 6.07) is 3.80. The lowest BCUT2D eigenvalue weighted by Gasteiger charge is -2.16. The van der Waals surface area contributed by atoms with E-state index in [4.69, 9.17) is 5.11 Å². The van der Waals surface area contributed by atoms with Crippen molar-refractivity contribution in [2.45, 2.75) is 12.1 Å². The zero-order valence-electron chi connectivity index (χ0n) is 10.8. The minimum absolute atomic E-state index is 0.0908. The first kappa shape index (κ1) is 14.2. The van der Waals surface area contributed by atoms with Crippen LogP contribution in [0.4, 0.5) is 4.39 Å². The number of carboxylic acids is 1. The van der Waals surface area contributed by atoms with E-state index in [2.05, 4.69) is 4.98 Å². The lowest BCUT2D eigenvalue weighted by molar-refractivity contribution is -0.149. The number of thiophene rings is 1. The number of halogens is 1. The number of hydrogen-bond acceptors (Lipinski definition) is 5. The van der Waals surface area contributed by atoms with E-state index in [9.17, 15) is 14.0 Å². The number of thiazole rings is 1. The van der Waals surface area contributed by atoms with Crippen LogP contribution in [0, 0.1) is 0 Å². The monoisotopic (exact) mass is 326 g/mol. The van der Waals surface area contributed by atoms with Crippen LogP contribution in [0.25, 0.3) is 9.88 Å². The van der Waals surface area contributed by atoms with Crippen molar-refractivity contribution in [3.63, 3.8) is 0 Å². The van der Waals surface area contributed by atoms with Crippen LogP contribution in [-0.2, 0) is 4.79 Å². The number of amides is 1. The van der Waals surface area contributed by atoms with Gasteiger partial charge in [-0.05, 0) is 11.4 Å². The van der Waals surface area contributed by atoms with Gasteiger partial charge >= 0.3 is 5.97 Å². The number of likely N-dealkylation sites (tertiary alicyclic amines) is 1. The normalized spacial score (nSPS) is 21.7. The number of aliphatic carboxylic acids is 1. The molecule has 1 aliphatic rings. The molecule has 3 rings (SSSR count). The van der Waals surface area contributed by atoms with Crippen molar-refractivity contribution in [3.8, 4) is 9.88 Å². The fourth-order valence-electron chi connectivity index (χ4n) is 2.17. The van der Waals surface area contributed by atoms with E-state index in [-0.39, 0.29) is 18.7 Å². The lowest BCUT2D eigenvalue weighted by Crippen LogP contribution is -2.39. The maximum atomic E-state index is 14.0. The van der Waals surface area contributed by atoms with Crippen LogP contribution in [0.5, 0.6) is 0 Å². The fourth-order valence-corrected chi connectivity index (χ4v) is 3.78. The lowest BCUT2D eigenvalue weighted by atomic mass is 10.1. The van der Waals surface area contributed by atoms with Crippen molar-refractivity contribution in [3.05, 3.63) is 28.6 Å². The number of carbonyl (C=O) groups is 2. The SMILES string of the molecule is O=C(c1csc(-c2cccs2)n1)N1CCC(F)(C(=O)O)C1. The molecule has 2 aromatic heterocycles. The quantitative estimate of drug-likeness (QED) is 0.941. The summed E-state index contributed by atoms with van der Waals surface area (Å²) in [5.74, 6) is -1.94. The first-order chi connectivity index (χ1) is 9.99. The molecule has 3 heterocycles. The molecule has 0 saturated carbocycles. The molecular formula is C13H11FN2O3S2. The van der Waals surface area contributed by atoms with E-state index in [0.29, 0.717) is 0 Å². The van der Waals surface area contributed by atoms with Gasteiger partial charge in [0.1, 0.15) is 10.7 Å². The number of aromatic nitrogens is 1. The van der Waals surface area contributed by atoms with E-state index >= 15 is 0 Å². The molecule has 1 atom stereocenters. The van der Waals surface area contributed by atoms with Gasteiger partial charge in [-0.25, -0.2) is 14.2 Å². The zero-order chi connectivity index (χ0) is 15.0. The Kier molecular flexibility index (Phi) is 3.50. The molecule has 1 fully saturated rings. The predicted octanol–water partition coefficient (Wildman–Crippen LogP) is 2.51. The van der Waals surface area contributed by atoms with E-state index in [0.717, 1.165) is 9.88 Å². The minimum Gasteiger partial charge on any atom is -0.479 e. The van der Waals surface area contributed by atoms with Crippen molar-refractivity contribution in [1.29, 1.82) is 0 Å². The number of rotatable bonds is 3. The highest BCUT2D eigenvalue weighted by molar-refractivity contribution is 7.20. The van der Waals surface area contributed by atoms with Crippen LogP contribution in [0.15, 0.2) is 22.9 Å². The van der Waals surface area contributed by atoms with Crippen molar-refractivity contribution < 1.29 is 19.1 Å². The summed E-state index contributed by atoms with van der Waals surface area (Å²) >= 11 is 2.86. The van der Waals surface area contributed by atoms with Gasteiger partial charge in [-0.3, -0.25) is 4.79 Å². The van der Waals surface area contributed by atoms with Gasteiger partial charge in [0.15, 0.2) is 0 Å². The van der Waals surface area contributed by atoms with Gasteiger partial charge < -0.3 is 10.0 Å². The van der Waals surface area contributed by atoms with Gasteiger partial charge in [0, 0.05) is 18.3 Å². The van der Waals surface area contributed by atoms with Crippen molar-refractivity contribution in [2.24, 2.45) is 0 Å². The Balaban J connectivity index is 1.76. The molecule has 0 spiro atoms. The Hall–Kier alpha value is -1.80. The molecule has 1 aliphatic heterocycles. The van der Waals surface area contributed by atoms with Crippen LogP contribution in [0.3, 0.4) is 0 Å². The maximum absolute atomic E-state index is 14.0. The first-order valence-electron chi connectivity index (χ1n) is 6.20. The number of carboxylic acid groups (broad SMARTS) is 1. The molecule has 0 aliphatic carbocycles. The molecule has 1 saturated heterocycles. The summed E-state index contributed by atoms with van der Waals surface area (Å²) in [6.45, 7) is -0.333. The Labute approximate surface area is 127 Å². The van der Waals surface area contributed by atoms with Crippen LogP contribution < -0.4 is 0 Å². The highest BCUT2D eigenvalue weighted by Crippen LogP contribution is 2.30. The third-order valence-electron chi connectivity index (χ3n) is 3.35. The number of alkyl halides is 1. The maximum Gasteiger partial charge on any atom is 0.343 e. The van der Waals surface area contributed by atoms with Gasteiger partial charge in [-0.1, -0.05) is 6.07 Å². The summed E-state index contributed by atoms with van der Waals surface area (Å²) < 4.78 is 14.0. The smallest absolute Gasteiger partial charge is 0.343 e. The van der Waals surface area contributed by atoms with Gasteiger partial charge in [0.25, 0.3) is 5.91 Å². The van der Waals surface area contributed by atoms with E-state index in [1.807, 2.05) is 17.5 Å². The second kappa shape index (κ2) is 5.19. The molecule has 0 radical (unpaired) electrons. The molecule has 21 heavy (non-hydrogen) atoms.